The van der Waals surface area contributed by atoms with E-state index in [0.29, 0.717) is 6.54 Å². The third kappa shape index (κ3) is 3.49. The Kier molecular flexibility index (Phi) is 4.75. The largest absolute Gasteiger partial charge is 0.382 e. The highest BCUT2D eigenvalue weighted by molar-refractivity contribution is 6.34. The first-order valence-electron chi connectivity index (χ1n) is 6.31. The molecule has 110 valence electrons. The Morgan fingerprint density at radius 1 is 1.24 bits per heavy atom. The number of halogens is 3. The molecule has 0 saturated carbocycles. The van der Waals surface area contributed by atoms with Gasteiger partial charge in [-0.15, -0.1) is 0 Å². The molecule has 2 N–H and O–H groups in total. The van der Waals surface area contributed by atoms with Crippen molar-refractivity contribution in [1.29, 1.82) is 0 Å². The summed E-state index contributed by atoms with van der Waals surface area (Å²) in [7, 11) is 0. The molecule has 2 aromatic rings. The zero-order chi connectivity index (χ0) is 15.4. The van der Waals surface area contributed by atoms with Crippen LogP contribution in [0.3, 0.4) is 0 Å². The predicted octanol–water partition coefficient (Wildman–Crippen LogP) is 4.30. The van der Waals surface area contributed by atoms with Crippen molar-refractivity contribution in [2.45, 2.75) is 6.92 Å². The van der Waals surface area contributed by atoms with E-state index < -0.39 is 17.5 Å². The van der Waals surface area contributed by atoms with E-state index >= 15 is 0 Å². The van der Waals surface area contributed by atoms with Crippen molar-refractivity contribution in [3.8, 4) is 0 Å². The van der Waals surface area contributed by atoms with Gasteiger partial charge in [-0.05, 0) is 37.3 Å². The molecular weight excluding hydrogens is 298 g/mol. The molecule has 0 spiro atoms. The van der Waals surface area contributed by atoms with Crippen LogP contribution in [0.25, 0.3) is 0 Å². The van der Waals surface area contributed by atoms with Crippen LogP contribution in [0.4, 0.5) is 20.2 Å². The molecule has 2 rings (SSSR count). The molecule has 0 aliphatic rings. The van der Waals surface area contributed by atoms with Crippen molar-refractivity contribution in [1.82, 2.24) is 0 Å². The molecule has 0 bridgehead atoms. The van der Waals surface area contributed by atoms with Crippen molar-refractivity contribution in [2.75, 3.05) is 17.2 Å². The number of anilines is 2. The highest BCUT2D eigenvalue weighted by Crippen LogP contribution is 2.25. The van der Waals surface area contributed by atoms with Crippen molar-refractivity contribution < 1.29 is 13.6 Å². The lowest BCUT2D eigenvalue weighted by atomic mass is 10.1. The molecule has 0 saturated heterocycles. The number of carbonyl (C=O) groups is 1. The molecule has 0 aromatic heterocycles. The van der Waals surface area contributed by atoms with Gasteiger partial charge in [0.25, 0.3) is 5.91 Å². The average molecular weight is 311 g/mol. The van der Waals surface area contributed by atoms with Crippen LogP contribution in [0, 0.1) is 11.6 Å². The second kappa shape index (κ2) is 6.54. The van der Waals surface area contributed by atoms with Crippen LogP contribution in [0.5, 0.6) is 0 Å². The maximum atomic E-state index is 13.8. The van der Waals surface area contributed by atoms with Crippen LogP contribution in [0.2, 0.25) is 5.02 Å². The maximum absolute atomic E-state index is 13.8. The first kappa shape index (κ1) is 15.3. The lowest BCUT2D eigenvalue weighted by Gasteiger charge is -2.12. The smallest absolute Gasteiger partial charge is 0.257 e. The molecule has 0 unspecified atom stereocenters. The van der Waals surface area contributed by atoms with Crippen molar-refractivity contribution >= 4 is 28.9 Å². The lowest BCUT2D eigenvalue weighted by molar-refractivity contribution is 0.102. The minimum Gasteiger partial charge on any atom is -0.382 e. The van der Waals surface area contributed by atoms with Crippen LogP contribution < -0.4 is 10.6 Å². The van der Waals surface area contributed by atoms with E-state index in [1.165, 1.54) is 30.3 Å². The van der Waals surface area contributed by atoms with E-state index in [0.717, 1.165) is 6.07 Å². The third-order valence-electron chi connectivity index (χ3n) is 2.79. The molecule has 21 heavy (non-hydrogen) atoms. The number of nitrogens with one attached hydrogen (secondary N) is 2. The summed E-state index contributed by atoms with van der Waals surface area (Å²) < 4.78 is 26.9. The third-order valence-corrected chi connectivity index (χ3v) is 3.12. The van der Waals surface area contributed by atoms with Gasteiger partial charge in [-0.1, -0.05) is 17.7 Å². The van der Waals surface area contributed by atoms with Gasteiger partial charge in [0.2, 0.25) is 0 Å². The fourth-order valence-corrected chi connectivity index (χ4v) is 2.02. The Bertz CT molecular complexity index is 677. The summed E-state index contributed by atoms with van der Waals surface area (Å²) >= 11 is 5.89. The van der Waals surface area contributed by atoms with Gasteiger partial charge in [0.1, 0.15) is 11.6 Å². The van der Waals surface area contributed by atoms with Gasteiger partial charge in [0.05, 0.1) is 22.0 Å². The summed E-state index contributed by atoms with van der Waals surface area (Å²) in [5, 5.41) is 5.47. The Balaban J connectivity index is 2.32. The quantitative estimate of drug-likeness (QED) is 0.884. The average Bonchev–Trinajstić information content (AvgIpc) is 2.45. The number of para-hydroxylation sites is 1. The van der Waals surface area contributed by atoms with Gasteiger partial charge in [-0.25, -0.2) is 8.78 Å². The van der Waals surface area contributed by atoms with Crippen LogP contribution >= 0.6 is 11.6 Å². The molecule has 6 heteroatoms. The summed E-state index contributed by atoms with van der Waals surface area (Å²) in [4.78, 5) is 12.2. The van der Waals surface area contributed by atoms with Crippen molar-refractivity contribution in [3.05, 3.63) is 58.6 Å². The summed E-state index contributed by atoms with van der Waals surface area (Å²) in [5.74, 6) is -1.63. The number of carbonyl (C=O) groups excluding carboxylic acids is 1. The van der Waals surface area contributed by atoms with Crippen molar-refractivity contribution in [3.63, 3.8) is 0 Å². The molecule has 3 nitrogen and oxygen atoms in total. The molecule has 0 heterocycles. The highest BCUT2D eigenvalue weighted by Gasteiger charge is 2.16. The van der Waals surface area contributed by atoms with Crippen LogP contribution in [0.1, 0.15) is 17.3 Å². The van der Waals surface area contributed by atoms with Gasteiger partial charge in [-0.2, -0.15) is 0 Å². The van der Waals surface area contributed by atoms with Crippen LogP contribution in [-0.4, -0.2) is 12.5 Å². The SMILES string of the molecule is CCNc1c(F)cccc1C(=O)Nc1cc(F)ccc1Cl. The van der Waals surface area contributed by atoms with Gasteiger partial charge < -0.3 is 10.6 Å². The van der Waals surface area contributed by atoms with E-state index in [1.54, 1.807) is 6.92 Å². The zero-order valence-corrected chi connectivity index (χ0v) is 12.0. The Labute approximate surface area is 125 Å². The van der Waals surface area contributed by atoms with Crippen LogP contribution in [0.15, 0.2) is 36.4 Å². The highest BCUT2D eigenvalue weighted by atomic mass is 35.5. The van der Waals surface area contributed by atoms with E-state index in [1.807, 2.05) is 0 Å². The summed E-state index contributed by atoms with van der Waals surface area (Å²) in [5.41, 5.74) is 0.357. The standard InChI is InChI=1S/C15H13ClF2N2O/c1-2-19-14-10(4-3-5-12(14)18)15(21)20-13-8-9(17)6-7-11(13)16/h3-8,19H,2H2,1H3,(H,20,21). The number of benzene rings is 2. The normalized spacial score (nSPS) is 10.3. The topological polar surface area (TPSA) is 41.1 Å². The number of rotatable bonds is 4. The Hall–Kier alpha value is -2.14. The Morgan fingerprint density at radius 3 is 2.71 bits per heavy atom. The van der Waals surface area contributed by atoms with E-state index in [9.17, 15) is 13.6 Å². The second-order valence-electron chi connectivity index (χ2n) is 4.27. The maximum Gasteiger partial charge on any atom is 0.257 e. The first-order valence-corrected chi connectivity index (χ1v) is 6.69. The fraction of sp³-hybridized carbons (Fsp3) is 0.133. The minimum atomic E-state index is -0.571. The molecule has 0 aliphatic heterocycles. The summed E-state index contributed by atoms with van der Waals surface area (Å²) in [6.07, 6.45) is 0. The monoisotopic (exact) mass is 310 g/mol. The first-order chi connectivity index (χ1) is 10.0. The zero-order valence-electron chi connectivity index (χ0n) is 11.2. The van der Waals surface area contributed by atoms with E-state index in [4.69, 9.17) is 11.6 Å². The second-order valence-corrected chi connectivity index (χ2v) is 4.68. The van der Waals surface area contributed by atoms with Gasteiger partial charge in [0, 0.05) is 6.54 Å². The van der Waals surface area contributed by atoms with Crippen molar-refractivity contribution in [2.24, 2.45) is 0 Å². The Morgan fingerprint density at radius 2 is 2.00 bits per heavy atom. The summed E-state index contributed by atoms with van der Waals surface area (Å²) in [6.45, 7) is 2.25. The molecule has 0 fully saturated rings. The number of hydrogen-bond donors (Lipinski definition) is 2. The van der Waals surface area contributed by atoms with Gasteiger partial charge >= 0.3 is 0 Å². The van der Waals surface area contributed by atoms with Gasteiger partial charge in [-0.3, -0.25) is 4.79 Å². The van der Waals surface area contributed by atoms with E-state index in [-0.39, 0.29) is 22.0 Å². The predicted molar refractivity (Wildman–Crippen MR) is 79.9 cm³/mol. The molecule has 2 aromatic carbocycles. The summed E-state index contributed by atoms with van der Waals surface area (Å²) in [6, 6.07) is 7.78. The fourth-order valence-electron chi connectivity index (χ4n) is 1.85. The minimum absolute atomic E-state index is 0.102. The molecule has 0 radical (unpaired) electrons. The lowest BCUT2D eigenvalue weighted by Crippen LogP contribution is -2.16. The van der Waals surface area contributed by atoms with E-state index in [2.05, 4.69) is 10.6 Å². The molecule has 0 atom stereocenters. The van der Waals surface area contributed by atoms with Gasteiger partial charge in [0.15, 0.2) is 0 Å². The van der Waals surface area contributed by atoms with Crippen LogP contribution in [-0.2, 0) is 0 Å². The number of hydrogen-bond acceptors (Lipinski definition) is 2. The molecule has 1 amide bonds. The number of amides is 1. The molecule has 0 aliphatic carbocycles. The molecular formula is C15H13ClF2N2O.